The number of benzene rings is 1. The first kappa shape index (κ1) is 21.9. The number of rotatable bonds is 6. The van der Waals surface area contributed by atoms with Gasteiger partial charge in [0.15, 0.2) is 6.61 Å². The number of likely N-dealkylation sites (tertiary alicyclic amines) is 1. The lowest BCUT2D eigenvalue weighted by Gasteiger charge is -2.47. The van der Waals surface area contributed by atoms with Gasteiger partial charge in [0, 0.05) is 25.1 Å². The van der Waals surface area contributed by atoms with Gasteiger partial charge < -0.3 is 19.2 Å². The van der Waals surface area contributed by atoms with Gasteiger partial charge in [0.05, 0.1) is 11.0 Å². The molecule has 1 aromatic heterocycles. The van der Waals surface area contributed by atoms with Crippen molar-refractivity contribution in [2.75, 3.05) is 19.7 Å². The molecule has 0 unspecified atom stereocenters. The van der Waals surface area contributed by atoms with Crippen LogP contribution in [0.3, 0.4) is 0 Å². The lowest BCUT2D eigenvalue weighted by molar-refractivity contribution is -0.145. The summed E-state index contributed by atoms with van der Waals surface area (Å²) in [6.45, 7) is 5.14. The van der Waals surface area contributed by atoms with Crippen molar-refractivity contribution in [3.63, 3.8) is 0 Å². The summed E-state index contributed by atoms with van der Waals surface area (Å²) in [6.07, 6.45) is 7.39. The van der Waals surface area contributed by atoms with Gasteiger partial charge in [-0.1, -0.05) is 26.2 Å². The molecule has 0 radical (unpaired) electrons. The fourth-order valence-corrected chi connectivity index (χ4v) is 5.18. The topological polar surface area (TPSA) is 80.0 Å². The van der Waals surface area contributed by atoms with E-state index in [1.54, 1.807) is 0 Å². The number of carbonyl (C=O) groups excluding carboxylic acids is 1. The number of hydrogen-bond donors (Lipinski definition) is 1. The molecule has 1 saturated carbocycles. The monoisotopic (exact) mass is 427 g/mol. The summed E-state index contributed by atoms with van der Waals surface area (Å²) < 4.78 is 11.5. The second-order valence-electron chi connectivity index (χ2n) is 9.26. The maximum atomic E-state index is 12.9. The molecule has 2 atom stereocenters. The highest BCUT2D eigenvalue weighted by Gasteiger charge is 2.43. The average Bonchev–Trinajstić information content (AvgIpc) is 2.74. The van der Waals surface area contributed by atoms with Crippen molar-refractivity contribution in [2.24, 2.45) is 5.92 Å². The Hall–Kier alpha value is -2.34. The molecule has 4 rings (SSSR count). The molecule has 2 fully saturated rings. The molecule has 1 amide bonds. The van der Waals surface area contributed by atoms with Gasteiger partial charge in [0.1, 0.15) is 11.3 Å². The van der Waals surface area contributed by atoms with Gasteiger partial charge in [-0.25, -0.2) is 4.79 Å². The van der Waals surface area contributed by atoms with Crippen LogP contribution in [0, 0.1) is 12.8 Å². The molecule has 1 saturated heterocycles. The number of aliphatic hydroxyl groups is 1. The van der Waals surface area contributed by atoms with Crippen LogP contribution < -0.4 is 10.4 Å². The molecule has 1 aliphatic carbocycles. The Morgan fingerprint density at radius 3 is 2.94 bits per heavy atom. The molecule has 6 heteroatoms. The van der Waals surface area contributed by atoms with Crippen molar-refractivity contribution in [1.82, 2.24) is 4.90 Å². The first-order chi connectivity index (χ1) is 14.9. The second kappa shape index (κ2) is 9.03. The van der Waals surface area contributed by atoms with Gasteiger partial charge in [-0.15, -0.1) is 0 Å². The molecular weight excluding hydrogens is 394 g/mol. The average molecular weight is 428 g/mol. The summed E-state index contributed by atoms with van der Waals surface area (Å²) in [4.78, 5) is 26.8. The maximum absolute atomic E-state index is 12.9. The molecule has 1 aliphatic heterocycles. The lowest BCUT2D eigenvalue weighted by atomic mass is 9.71. The number of unbranched alkanes of at least 4 members (excludes halogenated alkanes) is 1. The third kappa shape index (κ3) is 4.64. The predicted octanol–water partition coefficient (Wildman–Crippen LogP) is 3.98. The summed E-state index contributed by atoms with van der Waals surface area (Å²) >= 11 is 0. The summed E-state index contributed by atoms with van der Waals surface area (Å²) in [6, 6.07) is 5.28. The molecular formula is C25H33NO5. The van der Waals surface area contributed by atoms with Crippen molar-refractivity contribution in [3.8, 4) is 5.75 Å². The molecule has 2 heterocycles. The molecule has 6 nitrogen and oxygen atoms in total. The van der Waals surface area contributed by atoms with Gasteiger partial charge in [-0.3, -0.25) is 4.79 Å². The van der Waals surface area contributed by atoms with Gasteiger partial charge in [-0.2, -0.15) is 0 Å². The first-order valence-corrected chi connectivity index (χ1v) is 11.6. The van der Waals surface area contributed by atoms with E-state index in [1.807, 2.05) is 24.0 Å². The van der Waals surface area contributed by atoms with Gasteiger partial charge in [-0.05, 0) is 62.3 Å². The highest BCUT2D eigenvalue weighted by molar-refractivity contribution is 5.88. The van der Waals surface area contributed by atoms with Crippen LogP contribution in [0.1, 0.15) is 63.0 Å². The third-order valence-electron chi connectivity index (χ3n) is 6.97. The normalized spacial score (nSPS) is 23.6. The minimum absolute atomic E-state index is 0.0595. The molecule has 31 heavy (non-hydrogen) atoms. The molecule has 1 N–H and O–H groups in total. The Kier molecular flexibility index (Phi) is 6.37. The second-order valence-corrected chi connectivity index (χ2v) is 9.26. The van der Waals surface area contributed by atoms with Gasteiger partial charge >= 0.3 is 5.63 Å². The highest BCUT2D eigenvalue weighted by atomic mass is 16.5. The zero-order valence-corrected chi connectivity index (χ0v) is 18.6. The summed E-state index contributed by atoms with van der Waals surface area (Å²) in [7, 11) is 0. The van der Waals surface area contributed by atoms with E-state index in [0.717, 1.165) is 61.5 Å². The van der Waals surface area contributed by atoms with Crippen molar-refractivity contribution < 1.29 is 19.1 Å². The Labute approximate surface area is 183 Å². The van der Waals surface area contributed by atoms with E-state index >= 15 is 0 Å². The van der Waals surface area contributed by atoms with E-state index in [4.69, 9.17) is 9.15 Å². The molecule has 2 aliphatic rings. The minimum atomic E-state index is -0.603. The van der Waals surface area contributed by atoms with E-state index in [0.29, 0.717) is 30.8 Å². The Balaban J connectivity index is 1.52. The van der Waals surface area contributed by atoms with Crippen LogP contribution >= 0.6 is 0 Å². The van der Waals surface area contributed by atoms with Crippen LogP contribution in [0.4, 0.5) is 0 Å². The van der Waals surface area contributed by atoms with E-state index in [2.05, 4.69) is 6.92 Å². The predicted molar refractivity (Wildman–Crippen MR) is 119 cm³/mol. The smallest absolute Gasteiger partial charge is 0.336 e. The summed E-state index contributed by atoms with van der Waals surface area (Å²) in [5, 5.41) is 11.7. The number of aryl methyl sites for hydroxylation is 2. The number of amides is 1. The van der Waals surface area contributed by atoms with Crippen LogP contribution in [0.5, 0.6) is 5.75 Å². The molecule has 2 aromatic rings. The largest absolute Gasteiger partial charge is 0.483 e. The number of nitrogens with zero attached hydrogens (tertiary/aromatic N) is 1. The zero-order chi connectivity index (χ0) is 22.0. The fraction of sp³-hybridized carbons (Fsp3) is 0.600. The number of carbonyl (C=O) groups is 1. The van der Waals surface area contributed by atoms with Crippen molar-refractivity contribution in [3.05, 3.63) is 39.7 Å². The van der Waals surface area contributed by atoms with Crippen molar-refractivity contribution in [1.29, 1.82) is 0 Å². The fourth-order valence-electron chi connectivity index (χ4n) is 5.18. The van der Waals surface area contributed by atoms with Crippen LogP contribution in [0.15, 0.2) is 27.4 Å². The molecule has 1 aromatic carbocycles. The number of ether oxygens (including phenoxy) is 1. The van der Waals surface area contributed by atoms with E-state index < -0.39 is 5.60 Å². The number of hydrogen-bond acceptors (Lipinski definition) is 5. The lowest BCUT2D eigenvalue weighted by Crippen LogP contribution is -2.55. The Morgan fingerprint density at radius 2 is 2.13 bits per heavy atom. The molecule has 168 valence electrons. The van der Waals surface area contributed by atoms with E-state index in [-0.39, 0.29) is 24.1 Å². The van der Waals surface area contributed by atoms with Crippen LogP contribution in [0.2, 0.25) is 0 Å². The van der Waals surface area contributed by atoms with E-state index in [9.17, 15) is 14.7 Å². The Bertz CT molecular complexity index is 1010. The minimum Gasteiger partial charge on any atom is -0.483 e. The van der Waals surface area contributed by atoms with E-state index in [1.165, 1.54) is 6.07 Å². The molecule has 0 bridgehead atoms. The maximum Gasteiger partial charge on any atom is 0.336 e. The first-order valence-electron chi connectivity index (χ1n) is 11.6. The van der Waals surface area contributed by atoms with Crippen molar-refractivity contribution in [2.45, 2.75) is 70.8 Å². The SMILES string of the molecule is CCCCc1cc(=O)oc2cc(C)cc(OCC(=O)N3CC[C@@]4(O)CCCC[C@@H]4C3)c12. The summed E-state index contributed by atoms with van der Waals surface area (Å²) in [5.74, 6) is 0.688. The van der Waals surface area contributed by atoms with Crippen LogP contribution in [0.25, 0.3) is 11.0 Å². The Morgan fingerprint density at radius 1 is 1.29 bits per heavy atom. The quantitative estimate of drug-likeness (QED) is 0.706. The van der Waals surface area contributed by atoms with Gasteiger partial charge in [0.2, 0.25) is 0 Å². The molecule has 0 spiro atoms. The standard InChI is InChI=1S/C25H33NO5/c1-3-4-7-18-14-23(28)31-21-13-17(2)12-20(24(18)21)30-16-22(27)26-11-10-25(29)9-6-5-8-19(25)15-26/h12-14,19,29H,3-11,15-16H2,1-2H3/t19-,25+/m1/s1. The highest BCUT2D eigenvalue weighted by Crippen LogP contribution is 2.40. The zero-order valence-electron chi connectivity index (χ0n) is 18.6. The number of piperidine rings is 1. The van der Waals surface area contributed by atoms with Crippen LogP contribution in [-0.4, -0.2) is 41.2 Å². The van der Waals surface area contributed by atoms with Crippen molar-refractivity contribution >= 4 is 16.9 Å². The van der Waals surface area contributed by atoms with Crippen LogP contribution in [-0.2, 0) is 11.2 Å². The summed E-state index contributed by atoms with van der Waals surface area (Å²) in [5.41, 5.74) is 1.36. The van der Waals surface area contributed by atoms with Gasteiger partial charge in [0.25, 0.3) is 5.91 Å². The number of fused-ring (bicyclic) bond motifs is 2. The third-order valence-corrected chi connectivity index (χ3v) is 6.97.